The summed E-state index contributed by atoms with van der Waals surface area (Å²) in [7, 11) is 0. The first-order valence-electron chi connectivity index (χ1n) is 6.93. The van der Waals surface area contributed by atoms with Crippen LogP contribution in [0, 0.1) is 11.3 Å². The molecule has 0 bridgehead atoms. The van der Waals surface area contributed by atoms with Gasteiger partial charge in [-0.2, -0.15) is 0 Å². The van der Waals surface area contributed by atoms with Crippen molar-refractivity contribution >= 4 is 11.9 Å². The molecule has 1 saturated heterocycles. The van der Waals surface area contributed by atoms with Crippen molar-refractivity contribution in [3.8, 4) is 0 Å². The summed E-state index contributed by atoms with van der Waals surface area (Å²) in [6, 6.07) is 0.0754. The minimum Gasteiger partial charge on any atom is -0.481 e. The van der Waals surface area contributed by atoms with E-state index >= 15 is 0 Å². The van der Waals surface area contributed by atoms with Crippen LogP contribution in [0.2, 0.25) is 0 Å². The largest absolute Gasteiger partial charge is 0.481 e. The Morgan fingerprint density at radius 3 is 2.58 bits per heavy atom. The van der Waals surface area contributed by atoms with Crippen LogP contribution in [0.15, 0.2) is 0 Å². The molecule has 1 fully saturated rings. The maximum absolute atomic E-state index is 12.4. The van der Waals surface area contributed by atoms with Crippen LogP contribution in [-0.2, 0) is 14.3 Å². The number of aliphatic carboxylic acids is 1. The summed E-state index contributed by atoms with van der Waals surface area (Å²) in [5.41, 5.74) is -1.01. The molecule has 1 amide bonds. The van der Waals surface area contributed by atoms with Crippen molar-refractivity contribution in [2.24, 2.45) is 11.3 Å². The van der Waals surface area contributed by atoms with Crippen LogP contribution in [0.3, 0.4) is 0 Å². The van der Waals surface area contributed by atoms with Crippen molar-refractivity contribution in [1.82, 2.24) is 4.90 Å². The number of ether oxygens (including phenoxy) is 1. The van der Waals surface area contributed by atoms with Gasteiger partial charge in [-0.15, -0.1) is 0 Å². The average Bonchev–Trinajstić information content (AvgIpc) is 2.37. The quantitative estimate of drug-likeness (QED) is 0.827. The number of rotatable bonds is 5. The van der Waals surface area contributed by atoms with Crippen LogP contribution in [0.5, 0.6) is 0 Å². The summed E-state index contributed by atoms with van der Waals surface area (Å²) < 4.78 is 5.37. The first-order chi connectivity index (χ1) is 8.82. The lowest BCUT2D eigenvalue weighted by atomic mass is 9.76. The van der Waals surface area contributed by atoms with E-state index in [9.17, 15) is 14.7 Å². The fourth-order valence-electron chi connectivity index (χ4n) is 2.26. The third-order valence-electron chi connectivity index (χ3n) is 4.30. The molecule has 0 saturated carbocycles. The second-order valence-corrected chi connectivity index (χ2v) is 5.78. The first kappa shape index (κ1) is 16.0. The van der Waals surface area contributed by atoms with E-state index < -0.39 is 11.4 Å². The molecule has 5 nitrogen and oxygen atoms in total. The number of nitrogens with zero attached hydrogens (tertiary/aromatic N) is 1. The Morgan fingerprint density at radius 1 is 1.47 bits per heavy atom. The van der Waals surface area contributed by atoms with Gasteiger partial charge in [-0.3, -0.25) is 9.59 Å². The van der Waals surface area contributed by atoms with Crippen molar-refractivity contribution < 1.29 is 19.4 Å². The maximum Gasteiger partial charge on any atom is 0.310 e. The van der Waals surface area contributed by atoms with E-state index in [1.165, 1.54) is 0 Å². The van der Waals surface area contributed by atoms with Crippen LogP contribution in [0.4, 0.5) is 0 Å². The maximum atomic E-state index is 12.4. The minimum absolute atomic E-state index is 0.0521. The van der Waals surface area contributed by atoms with E-state index in [2.05, 4.69) is 0 Å². The van der Waals surface area contributed by atoms with Crippen LogP contribution >= 0.6 is 0 Å². The highest BCUT2D eigenvalue weighted by Crippen LogP contribution is 2.32. The van der Waals surface area contributed by atoms with Gasteiger partial charge in [0.25, 0.3) is 0 Å². The number of carboxylic acid groups (broad SMARTS) is 1. The molecule has 0 radical (unpaired) electrons. The Bertz CT molecular complexity index is 342. The van der Waals surface area contributed by atoms with Crippen LogP contribution in [0.1, 0.15) is 40.5 Å². The third kappa shape index (κ3) is 3.47. The lowest BCUT2D eigenvalue weighted by molar-refractivity contribution is -0.158. The monoisotopic (exact) mass is 271 g/mol. The van der Waals surface area contributed by atoms with Gasteiger partial charge in [0.1, 0.15) is 0 Å². The summed E-state index contributed by atoms with van der Waals surface area (Å²) in [4.78, 5) is 25.6. The summed E-state index contributed by atoms with van der Waals surface area (Å²) in [5, 5.41) is 9.38. The van der Waals surface area contributed by atoms with Gasteiger partial charge in [0.2, 0.25) is 5.91 Å². The lowest BCUT2D eigenvalue weighted by Gasteiger charge is -2.38. The third-order valence-corrected chi connectivity index (χ3v) is 4.30. The number of hydrogen-bond acceptors (Lipinski definition) is 3. The molecule has 1 aliphatic heterocycles. The molecule has 0 aromatic heterocycles. The van der Waals surface area contributed by atoms with E-state index in [1.54, 1.807) is 11.8 Å². The Labute approximate surface area is 114 Å². The molecule has 5 heteroatoms. The molecule has 0 aromatic rings. The topological polar surface area (TPSA) is 66.8 Å². The molecule has 0 aliphatic carbocycles. The van der Waals surface area contributed by atoms with Crippen LogP contribution < -0.4 is 0 Å². The number of morpholine rings is 1. The van der Waals surface area contributed by atoms with Gasteiger partial charge in [-0.25, -0.2) is 0 Å². The highest BCUT2D eigenvalue weighted by Gasteiger charge is 2.41. The second-order valence-electron chi connectivity index (χ2n) is 5.78. The zero-order valence-corrected chi connectivity index (χ0v) is 12.3. The Hall–Kier alpha value is -1.10. The molecule has 2 unspecified atom stereocenters. The van der Waals surface area contributed by atoms with E-state index in [4.69, 9.17) is 4.74 Å². The lowest BCUT2D eigenvalue weighted by Crippen LogP contribution is -2.50. The highest BCUT2D eigenvalue weighted by atomic mass is 16.5. The van der Waals surface area contributed by atoms with Gasteiger partial charge in [-0.05, 0) is 19.3 Å². The zero-order chi connectivity index (χ0) is 14.6. The molecule has 19 heavy (non-hydrogen) atoms. The van der Waals surface area contributed by atoms with Crippen molar-refractivity contribution in [2.75, 3.05) is 19.8 Å². The molecule has 110 valence electrons. The highest BCUT2D eigenvalue weighted by molar-refractivity contribution is 5.85. The van der Waals surface area contributed by atoms with Crippen molar-refractivity contribution in [1.29, 1.82) is 0 Å². The smallest absolute Gasteiger partial charge is 0.310 e. The molecule has 0 spiro atoms. The minimum atomic E-state index is -1.01. The van der Waals surface area contributed by atoms with E-state index in [-0.39, 0.29) is 24.3 Å². The molecule has 1 N–H and O–H groups in total. The average molecular weight is 271 g/mol. The molecule has 1 heterocycles. The number of carbonyl (C=O) groups excluding carboxylic acids is 1. The number of carboxylic acids is 1. The van der Waals surface area contributed by atoms with Crippen LogP contribution in [-0.4, -0.2) is 47.7 Å². The van der Waals surface area contributed by atoms with Gasteiger partial charge >= 0.3 is 5.97 Å². The molecule has 1 aliphatic rings. The summed E-state index contributed by atoms with van der Waals surface area (Å²) in [5.74, 6) is -1.07. The van der Waals surface area contributed by atoms with Crippen molar-refractivity contribution in [3.63, 3.8) is 0 Å². The summed E-state index contributed by atoms with van der Waals surface area (Å²) >= 11 is 0. The second kappa shape index (κ2) is 6.37. The van der Waals surface area contributed by atoms with Gasteiger partial charge in [0.05, 0.1) is 24.7 Å². The summed E-state index contributed by atoms with van der Waals surface area (Å²) in [6.45, 7) is 9.00. The predicted molar refractivity (Wildman–Crippen MR) is 71.8 cm³/mol. The number of amides is 1. The summed E-state index contributed by atoms with van der Waals surface area (Å²) in [6.07, 6.45) is 0.883. The van der Waals surface area contributed by atoms with E-state index in [1.807, 2.05) is 20.8 Å². The Kier molecular flexibility index (Phi) is 5.35. The fraction of sp³-hybridized carbons (Fsp3) is 0.857. The van der Waals surface area contributed by atoms with Crippen LogP contribution in [0.25, 0.3) is 0 Å². The van der Waals surface area contributed by atoms with E-state index in [0.717, 1.165) is 6.42 Å². The molecular formula is C14H25NO4. The molecular weight excluding hydrogens is 246 g/mol. The molecule has 0 aromatic carbocycles. The Balaban J connectivity index is 2.79. The number of carbonyl (C=O) groups is 2. The first-order valence-corrected chi connectivity index (χ1v) is 6.93. The van der Waals surface area contributed by atoms with E-state index in [0.29, 0.717) is 19.8 Å². The fourth-order valence-corrected chi connectivity index (χ4v) is 2.26. The predicted octanol–water partition coefficient (Wildman–Crippen LogP) is 1.76. The van der Waals surface area contributed by atoms with Gasteiger partial charge in [0.15, 0.2) is 0 Å². The van der Waals surface area contributed by atoms with Crippen molar-refractivity contribution in [3.05, 3.63) is 0 Å². The molecule has 1 rings (SSSR count). The van der Waals surface area contributed by atoms with Gasteiger partial charge in [-0.1, -0.05) is 20.8 Å². The standard InChI is InChI=1S/C14H25NO4/c1-5-11-9-19-7-6-15(11)12(16)8-14(4,10(2)3)13(17)18/h10-11H,5-9H2,1-4H3,(H,17,18). The SMILES string of the molecule is CCC1COCCN1C(=O)CC(C)(C(=O)O)C(C)C. The van der Waals surface area contributed by atoms with Gasteiger partial charge < -0.3 is 14.7 Å². The number of hydrogen-bond donors (Lipinski definition) is 1. The normalized spacial score (nSPS) is 23.2. The van der Waals surface area contributed by atoms with Gasteiger partial charge in [0, 0.05) is 13.0 Å². The molecule has 2 atom stereocenters. The zero-order valence-electron chi connectivity index (χ0n) is 12.3. The Morgan fingerprint density at radius 2 is 2.11 bits per heavy atom. The van der Waals surface area contributed by atoms with Crippen molar-refractivity contribution in [2.45, 2.75) is 46.6 Å².